The van der Waals surface area contributed by atoms with Crippen molar-refractivity contribution in [3.8, 4) is 0 Å². The maximum Gasteiger partial charge on any atom is 0.161 e. The van der Waals surface area contributed by atoms with Crippen molar-refractivity contribution in [3.63, 3.8) is 0 Å². The summed E-state index contributed by atoms with van der Waals surface area (Å²) in [5.74, 6) is -0.000764. The Hall–Kier alpha value is -0.370. The number of aliphatic hydroxyl groups excluding tert-OH is 1. The Bertz CT molecular complexity index is 218. The lowest BCUT2D eigenvalue weighted by molar-refractivity contribution is -0.128. The average molecular weight is 228 g/mol. The molecule has 0 fully saturated rings. The molecule has 2 nitrogen and oxygen atoms in total. The summed E-state index contributed by atoms with van der Waals surface area (Å²) in [5.41, 5.74) is 0.352. The summed E-state index contributed by atoms with van der Waals surface area (Å²) in [7, 11) is 0. The van der Waals surface area contributed by atoms with Crippen molar-refractivity contribution in [3.05, 3.63) is 0 Å². The van der Waals surface area contributed by atoms with Crippen molar-refractivity contribution in [1.82, 2.24) is 0 Å². The number of carbonyl (C=O) groups excluding carboxylic acids is 1. The van der Waals surface area contributed by atoms with E-state index in [2.05, 4.69) is 41.5 Å². The molecule has 0 aliphatic carbocycles. The highest BCUT2D eigenvalue weighted by atomic mass is 16.3. The summed E-state index contributed by atoms with van der Waals surface area (Å²) >= 11 is 0. The molecular weight excluding hydrogens is 200 g/mol. The van der Waals surface area contributed by atoms with Crippen LogP contribution in [0.15, 0.2) is 0 Å². The van der Waals surface area contributed by atoms with Crippen molar-refractivity contribution in [1.29, 1.82) is 0 Å². The fourth-order valence-electron chi connectivity index (χ4n) is 1.40. The number of rotatable bonds is 5. The molecule has 0 heterocycles. The van der Waals surface area contributed by atoms with Crippen molar-refractivity contribution >= 4 is 5.78 Å². The first kappa shape index (κ1) is 15.6. The zero-order chi connectivity index (χ0) is 13.0. The van der Waals surface area contributed by atoms with E-state index in [-0.39, 0.29) is 16.6 Å². The van der Waals surface area contributed by atoms with Crippen molar-refractivity contribution in [2.75, 3.05) is 0 Å². The van der Waals surface area contributed by atoms with Crippen molar-refractivity contribution in [2.24, 2.45) is 10.8 Å². The Labute approximate surface area is 100 Å². The number of ketones is 1. The zero-order valence-corrected chi connectivity index (χ0v) is 11.8. The minimum absolute atomic E-state index is 0.000764. The lowest BCUT2D eigenvalue weighted by atomic mass is 9.86. The van der Waals surface area contributed by atoms with E-state index in [1.165, 1.54) is 0 Å². The highest BCUT2D eigenvalue weighted by Gasteiger charge is 2.20. The largest absolute Gasteiger partial charge is 0.385 e. The highest BCUT2D eigenvalue weighted by molar-refractivity contribution is 5.82. The van der Waals surface area contributed by atoms with Crippen LogP contribution in [0, 0.1) is 10.8 Å². The van der Waals surface area contributed by atoms with Gasteiger partial charge < -0.3 is 5.11 Å². The molecule has 96 valence electrons. The molecule has 0 amide bonds. The molecule has 1 N–H and O–H groups in total. The Morgan fingerprint density at radius 3 is 1.81 bits per heavy atom. The van der Waals surface area contributed by atoms with Gasteiger partial charge in [-0.15, -0.1) is 0 Å². The monoisotopic (exact) mass is 228 g/mol. The molecule has 1 atom stereocenters. The molecule has 0 spiro atoms. The fourth-order valence-corrected chi connectivity index (χ4v) is 1.40. The van der Waals surface area contributed by atoms with E-state index in [0.29, 0.717) is 12.8 Å². The third-order valence-corrected chi connectivity index (χ3v) is 2.66. The van der Waals surface area contributed by atoms with Gasteiger partial charge in [-0.05, 0) is 30.1 Å². The van der Waals surface area contributed by atoms with Crippen LogP contribution in [-0.2, 0) is 4.79 Å². The van der Waals surface area contributed by atoms with E-state index < -0.39 is 6.10 Å². The van der Waals surface area contributed by atoms with E-state index in [1.807, 2.05) is 0 Å². The van der Waals surface area contributed by atoms with E-state index in [9.17, 15) is 9.90 Å². The van der Waals surface area contributed by atoms with E-state index in [0.717, 1.165) is 12.8 Å². The van der Waals surface area contributed by atoms with Crippen LogP contribution in [0.5, 0.6) is 0 Å². The smallest absolute Gasteiger partial charge is 0.161 e. The number of hydrogen-bond acceptors (Lipinski definition) is 2. The molecule has 16 heavy (non-hydrogen) atoms. The first-order chi connectivity index (χ1) is 7.01. The molecule has 0 aromatic heterocycles. The van der Waals surface area contributed by atoms with Gasteiger partial charge >= 0.3 is 0 Å². The highest BCUT2D eigenvalue weighted by Crippen LogP contribution is 2.24. The Morgan fingerprint density at radius 2 is 1.44 bits per heavy atom. The van der Waals surface area contributed by atoms with Gasteiger partial charge in [0.2, 0.25) is 0 Å². The Morgan fingerprint density at radius 1 is 1.00 bits per heavy atom. The molecule has 2 heteroatoms. The van der Waals surface area contributed by atoms with E-state index in [1.54, 1.807) is 0 Å². The second-order valence-corrected chi connectivity index (χ2v) is 7.14. The SMILES string of the molecule is CC(C)(C)CCC(=O)C(O)CCC(C)(C)C. The lowest BCUT2D eigenvalue weighted by Gasteiger charge is -2.21. The first-order valence-electron chi connectivity index (χ1n) is 6.22. The van der Waals surface area contributed by atoms with Crippen LogP contribution in [0.3, 0.4) is 0 Å². The molecule has 0 radical (unpaired) electrons. The topological polar surface area (TPSA) is 37.3 Å². The molecular formula is C14H28O2. The molecule has 0 saturated heterocycles. The predicted octanol–water partition coefficient (Wildman–Crippen LogP) is 3.57. The molecule has 0 aliphatic rings. The number of Topliss-reactive ketones (excluding diaryl/α,β-unsaturated/α-hetero) is 1. The fraction of sp³-hybridized carbons (Fsp3) is 0.929. The van der Waals surface area contributed by atoms with Gasteiger partial charge in [-0.2, -0.15) is 0 Å². The number of carbonyl (C=O) groups is 1. The van der Waals surface area contributed by atoms with Crippen LogP contribution >= 0.6 is 0 Å². The van der Waals surface area contributed by atoms with Crippen molar-refractivity contribution in [2.45, 2.75) is 73.3 Å². The lowest BCUT2D eigenvalue weighted by Crippen LogP contribution is -2.23. The molecule has 0 rings (SSSR count). The number of hydrogen-bond donors (Lipinski definition) is 1. The summed E-state index contributed by atoms with van der Waals surface area (Å²) < 4.78 is 0. The van der Waals surface area contributed by atoms with Gasteiger partial charge in [0.15, 0.2) is 5.78 Å². The second kappa shape index (κ2) is 5.81. The Kier molecular flexibility index (Phi) is 5.67. The standard InChI is InChI=1S/C14H28O2/c1-13(2,3)9-7-11(15)12(16)8-10-14(4,5)6/h11,15H,7-10H2,1-6H3. The van der Waals surface area contributed by atoms with Crippen LogP contribution in [0.25, 0.3) is 0 Å². The van der Waals surface area contributed by atoms with Crippen LogP contribution in [0.2, 0.25) is 0 Å². The summed E-state index contributed by atoms with van der Waals surface area (Å²) in [6.07, 6.45) is 2.05. The second-order valence-electron chi connectivity index (χ2n) is 7.14. The maximum absolute atomic E-state index is 11.7. The Balaban J connectivity index is 3.92. The van der Waals surface area contributed by atoms with Crippen LogP contribution in [0.1, 0.15) is 67.2 Å². The van der Waals surface area contributed by atoms with Gasteiger partial charge in [-0.3, -0.25) is 4.79 Å². The third-order valence-electron chi connectivity index (χ3n) is 2.66. The minimum atomic E-state index is -0.762. The number of aliphatic hydroxyl groups is 1. The third kappa shape index (κ3) is 8.90. The maximum atomic E-state index is 11.7. The first-order valence-corrected chi connectivity index (χ1v) is 6.22. The van der Waals surface area contributed by atoms with Gasteiger partial charge in [0.1, 0.15) is 6.10 Å². The summed E-state index contributed by atoms with van der Waals surface area (Å²) in [5, 5.41) is 9.73. The molecule has 1 unspecified atom stereocenters. The molecule has 0 aromatic carbocycles. The quantitative estimate of drug-likeness (QED) is 0.781. The summed E-state index contributed by atoms with van der Waals surface area (Å²) in [6.45, 7) is 12.7. The van der Waals surface area contributed by atoms with Gasteiger partial charge in [-0.1, -0.05) is 41.5 Å². The zero-order valence-electron chi connectivity index (χ0n) is 11.8. The normalized spacial score (nSPS) is 14.9. The van der Waals surface area contributed by atoms with Crippen molar-refractivity contribution < 1.29 is 9.90 Å². The molecule has 0 saturated carbocycles. The van der Waals surface area contributed by atoms with Crippen LogP contribution in [-0.4, -0.2) is 17.0 Å². The van der Waals surface area contributed by atoms with Crippen LogP contribution in [0.4, 0.5) is 0 Å². The van der Waals surface area contributed by atoms with E-state index in [4.69, 9.17) is 0 Å². The van der Waals surface area contributed by atoms with E-state index >= 15 is 0 Å². The van der Waals surface area contributed by atoms with Gasteiger partial charge in [0.05, 0.1) is 0 Å². The van der Waals surface area contributed by atoms with Crippen LogP contribution < -0.4 is 0 Å². The van der Waals surface area contributed by atoms with Gasteiger partial charge in [0.25, 0.3) is 0 Å². The summed E-state index contributed by atoms with van der Waals surface area (Å²) in [6, 6.07) is 0. The molecule has 0 aliphatic heterocycles. The average Bonchev–Trinajstić information content (AvgIpc) is 2.07. The van der Waals surface area contributed by atoms with Gasteiger partial charge in [-0.25, -0.2) is 0 Å². The minimum Gasteiger partial charge on any atom is -0.385 e. The molecule has 0 bridgehead atoms. The molecule has 0 aromatic rings. The summed E-state index contributed by atoms with van der Waals surface area (Å²) in [4.78, 5) is 11.7. The predicted molar refractivity (Wildman–Crippen MR) is 68.4 cm³/mol. The van der Waals surface area contributed by atoms with Gasteiger partial charge in [0, 0.05) is 6.42 Å².